The van der Waals surface area contributed by atoms with Crippen LogP contribution in [-0.4, -0.2) is 41.3 Å². The van der Waals surface area contributed by atoms with Crippen molar-refractivity contribution in [3.8, 4) is 0 Å². The van der Waals surface area contributed by atoms with Gasteiger partial charge in [-0.05, 0) is 20.0 Å². The molecule has 2 rings (SSSR count). The molecule has 0 amide bonds. The summed E-state index contributed by atoms with van der Waals surface area (Å²) in [5.41, 5.74) is 0. The third kappa shape index (κ3) is 4.13. The fourth-order valence-corrected chi connectivity index (χ4v) is 2.77. The minimum atomic E-state index is -3.57. The first-order chi connectivity index (χ1) is 10.0. The Hall–Kier alpha value is -1.71. The van der Waals surface area contributed by atoms with Gasteiger partial charge >= 0.3 is 0 Å². The van der Waals surface area contributed by atoms with Crippen LogP contribution >= 0.6 is 0 Å². The molecule has 0 saturated heterocycles. The Labute approximate surface area is 124 Å². The van der Waals surface area contributed by atoms with Gasteiger partial charge in [0.1, 0.15) is 10.7 Å². The Kier molecular flexibility index (Phi) is 5.10. The summed E-state index contributed by atoms with van der Waals surface area (Å²) < 4.78 is 30.3. The Bertz CT molecular complexity index is 675. The van der Waals surface area contributed by atoms with Crippen molar-refractivity contribution >= 4 is 10.0 Å². The van der Waals surface area contributed by atoms with Crippen molar-refractivity contribution in [2.45, 2.75) is 24.4 Å². The molecule has 9 heteroatoms. The van der Waals surface area contributed by atoms with Gasteiger partial charge in [-0.15, -0.1) is 0 Å². The van der Waals surface area contributed by atoms with E-state index in [-0.39, 0.29) is 11.4 Å². The zero-order chi connectivity index (χ0) is 15.3. The minimum absolute atomic E-state index is 0.150. The molecule has 0 aliphatic carbocycles. The van der Waals surface area contributed by atoms with E-state index in [1.165, 1.54) is 12.4 Å². The van der Waals surface area contributed by atoms with Crippen LogP contribution in [0.1, 0.15) is 12.2 Å². The summed E-state index contributed by atoms with van der Waals surface area (Å²) in [6, 6.07) is 0. The van der Waals surface area contributed by atoms with Crippen molar-refractivity contribution in [1.82, 2.24) is 29.4 Å². The van der Waals surface area contributed by atoms with E-state index in [1.54, 1.807) is 21.6 Å². The van der Waals surface area contributed by atoms with Crippen molar-refractivity contribution in [1.29, 1.82) is 0 Å². The van der Waals surface area contributed by atoms with Crippen molar-refractivity contribution in [3.05, 3.63) is 30.6 Å². The second-order valence-corrected chi connectivity index (χ2v) is 6.44. The van der Waals surface area contributed by atoms with E-state index in [0.717, 1.165) is 13.0 Å². The van der Waals surface area contributed by atoms with Crippen LogP contribution in [0.15, 0.2) is 29.7 Å². The molecule has 2 heterocycles. The molecule has 2 aromatic heterocycles. The van der Waals surface area contributed by atoms with E-state index in [0.29, 0.717) is 12.4 Å². The van der Waals surface area contributed by atoms with Gasteiger partial charge < -0.3 is 9.88 Å². The maximum Gasteiger partial charge on any atom is 0.244 e. The Morgan fingerprint density at radius 3 is 2.86 bits per heavy atom. The lowest BCUT2D eigenvalue weighted by molar-refractivity contribution is 0.559. The number of nitrogens with one attached hydrogen (secondary N) is 2. The van der Waals surface area contributed by atoms with Gasteiger partial charge in [-0.2, -0.15) is 5.10 Å². The van der Waals surface area contributed by atoms with Crippen LogP contribution in [-0.2, 0) is 30.2 Å². The molecule has 116 valence electrons. The van der Waals surface area contributed by atoms with Crippen LogP contribution in [0.4, 0.5) is 0 Å². The van der Waals surface area contributed by atoms with Crippen molar-refractivity contribution < 1.29 is 8.42 Å². The fraction of sp³-hybridized carbons (Fsp3) is 0.500. The Morgan fingerprint density at radius 2 is 2.19 bits per heavy atom. The molecule has 0 aromatic carbocycles. The standard InChI is InChI=1S/C12H20N6O2S/c1-13-4-3-6-18-10-11(8-15-18)21(19,20)16-9-12-14-5-7-17(12)2/h5,7-8,10,13,16H,3-4,6,9H2,1-2H3. The fourth-order valence-electron chi connectivity index (χ4n) is 1.83. The molecule has 0 aliphatic heterocycles. The number of imidazole rings is 1. The van der Waals surface area contributed by atoms with E-state index in [1.807, 2.05) is 14.1 Å². The molecule has 0 saturated carbocycles. The van der Waals surface area contributed by atoms with Gasteiger partial charge in [-0.1, -0.05) is 0 Å². The zero-order valence-electron chi connectivity index (χ0n) is 12.2. The highest BCUT2D eigenvalue weighted by molar-refractivity contribution is 7.89. The molecule has 0 atom stereocenters. The van der Waals surface area contributed by atoms with Crippen molar-refractivity contribution in [3.63, 3.8) is 0 Å². The lowest BCUT2D eigenvalue weighted by Crippen LogP contribution is -2.24. The molecular formula is C12H20N6O2S. The quantitative estimate of drug-likeness (QED) is 0.653. The topological polar surface area (TPSA) is 93.8 Å². The third-order valence-corrected chi connectivity index (χ3v) is 4.43. The monoisotopic (exact) mass is 312 g/mol. The molecule has 21 heavy (non-hydrogen) atoms. The number of hydrogen-bond acceptors (Lipinski definition) is 5. The first-order valence-corrected chi connectivity index (χ1v) is 8.14. The first kappa shape index (κ1) is 15.7. The van der Waals surface area contributed by atoms with Crippen LogP contribution in [0.25, 0.3) is 0 Å². The predicted molar refractivity (Wildman–Crippen MR) is 78.0 cm³/mol. The van der Waals surface area contributed by atoms with E-state index >= 15 is 0 Å². The number of rotatable bonds is 8. The second-order valence-electron chi connectivity index (χ2n) is 4.68. The van der Waals surface area contributed by atoms with Crippen molar-refractivity contribution in [2.24, 2.45) is 7.05 Å². The minimum Gasteiger partial charge on any atom is -0.337 e. The first-order valence-electron chi connectivity index (χ1n) is 6.66. The van der Waals surface area contributed by atoms with E-state index in [2.05, 4.69) is 20.1 Å². The molecule has 8 nitrogen and oxygen atoms in total. The van der Waals surface area contributed by atoms with Gasteiger partial charge in [0, 0.05) is 32.2 Å². The van der Waals surface area contributed by atoms with Gasteiger partial charge in [0.25, 0.3) is 0 Å². The van der Waals surface area contributed by atoms with Gasteiger partial charge in [0.2, 0.25) is 10.0 Å². The lowest BCUT2D eigenvalue weighted by Gasteiger charge is -2.04. The smallest absolute Gasteiger partial charge is 0.244 e. The second kappa shape index (κ2) is 6.83. The molecule has 0 radical (unpaired) electrons. The summed E-state index contributed by atoms with van der Waals surface area (Å²) in [4.78, 5) is 4.24. The number of aromatic nitrogens is 4. The maximum absolute atomic E-state index is 12.2. The summed E-state index contributed by atoms with van der Waals surface area (Å²) in [6.45, 7) is 1.69. The largest absolute Gasteiger partial charge is 0.337 e. The third-order valence-electron chi connectivity index (χ3n) is 3.08. The van der Waals surface area contributed by atoms with E-state index in [9.17, 15) is 8.42 Å². The summed E-state index contributed by atoms with van der Waals surface area (Å²) in [6.07, 6.45) is 7.18. The zero-order valence-corrected chi connectivity index (χ0v) is 13.0. The van der Waals surface area contributed by atoms with Crippen LogP contribution in [0, 0.1) is 0 Å². The lowest BCUT2D eigenvalue weighted by atomic mass is 10.4. The van der Waals surface area contributed by atoms with Crippen LogP contribution in [0.3, 0.4) is 0 Å². The summed E-state index contributed by atoms with van der Waals surface area (Å²) >= 11 is 0. The van der Waals surface area contributed by atoms with Gasteiger partial charge in [-0.25, -0.2) is 18.1 Å². The maximum atomic E-state index is 12.2. The molecular weight excluding hydrogens is 292 g/mol. The number of hydrogen-bond donors (Lipinski definition) is 2. The Morgan fingerprint density at radius 1 is 1.38 bits per heavy atom. The average molecular weight is 312 g/mol. The van der Waals surface area contributed by atoms with Gasteiger partial charge in [0.05, 0.1) is 12.7 Å². The van der Waals surface area contributed by atoms with Gasteiger partial charge in [-0.3, -0.25) is 4.68 Å². The van der Waals surface area contributed by atoms with E-state index in [4.69, 9.17) is 0 Å². The highest BCUT2D eigenvalue weighted by atomic mass is 32.2. The van der Waals surface area contributed by atoms with Crippen LogP contribution in [0.5, 0.6) is 0 Å². The Balaban J connectivity index is 1.97. The molecule has 0 aliphatic rings. The number of sulfonamides is 1. The van der Waals surface area contributed by atoms with Gasteiger partial charge in [0.15, 0.2) is 0 Å². The van der Waals surface area contributed by atoms with Crippen molar-refractivity contribution in [2.75, 3.05) is 13.6 Å². The predicted octanol–water partition coefficient (Wildman–Crippen LogP) is -0.295. The molecule has 0 unspecified atom stereocenters. The summed E-state index contributed by atoms with van der Waals surface area (Å²) in [5, 5.41) is 7.10. The molecule has 2 aromatic rings. The summed E-state index contributed by atoms with van der Waals surface area (Å²) in [7, 11) is 0.126. The highest BCUT2D eigenvalue weighted by Gasteiger charge is 2.17. The average Bonchev–Trinajstić information content (AvgIpc) is 3.06. The SMILES string of the molecule is CNCCCn1cc(S(=O)(=O)NCc2nccn2C)cn1. The highest BCUT2D eigenvalue weighted by Crippen LogP contribution is 2.08. The summed E-state index contributed by atoms with van der Waals surface area (Å²) in [5.74, 6) is 0.653. The van der Waals surface area contributed by atoms with Crippen LogP contribution in [0.2, 0.25) is 0 Å². The van der Waals surface area contributed by atoms with E-state index < -0.39 is 10.0 Å². The number of aryl methyl sites for hydroxylation is 2. The normalized spacial score (nSPS) is 11.9. The molecule has 2 N–H and O–H groups in total. The molecule has 0 bridgehead atoms. The molecule has 0 fully saturated rings. The molecule has 0 spiro atoms. The number of nitrogens with zero attached hydrogens (tertiary/aromatic N) is 4. The van der Waals surface area contributed by atoms with Crippen LogP contribution < -0.4 is 10.0 Å².